The van der Waals surface area contributed by atoms with Gasteiger partial charge in [-0.2, -0.15) is 0 Å². The van der Waals surface area contributed by atoms with Gasteiger partial charge in [0.25, 0.3) is 0 Å². The minimum Gasteiger partial charge on any atom is -0.460 e. The van der Waals surface area contributed by atoms with Gasteiger partial charge in [0, 0.05) is 56.9 Å². The van der Waals surface area contributed by atoms with Gasteiger partial charge >= 0.3 is 23.9 Å². The molecular formula is C65H70N2O12. The molecule has 0 heterocycles. The maximum Gasteiger partial charge on any atom is 0.333 e. The van der Waals surface area contributed by atoms with Crippen LogP contribution in [0.2, 0.25) is 0 Å². The van der Waals surface area contributed by atoms with Crippen molar-refractivity contribution in [3.8, 4) is 11.1 Å². The maximum atomic E-state index is 11.8. The van der Waals surface area contributed by atoms with Gasteiger partial charge in [-0.05, 0) is 152 Å². The number of rotatable bonds is 31. The predicted octanol–water partition coefficient (Wildman–Crippen LogP) is 13.1. The highest BCUT2D eigenvalue weighted by atomic mass is 16.6. The number of carbonyl (C=O) groups excluding carboxylic acids is 4. The van der Waals surface area contributed by atoms with Gasteiger partial charge in [0.1, 0.15) is 26.4 Å². The molecule has 0 aliphatic carbocycles. The maximum absolute atomic E-state index is 11.8. The molecule has 0 saturated heterocycles. The lowest BCUT2D eigenvalue weighted by Gasteiger charge is -2.27. The van der Waals surface area contributed by atoms with E-state index in [2.05, 4.69) is 145 Å². The Labute approximate surface area is 464 Å². The first-order chi connectivity index (χ1) is 38.1. The molecule has 14 heteroatoms. The number of hydrogen-bond acceptors (Lipinski definition) is 14. The predicted molar refractivity (Wildman–Crippen MR) is 308 cm³/mol. The number of carbonyl (C=O) groups is 4. The van der Waals surface area contributed by atoms with Crippen molar-refractivity contribution in [2.24, 2.45) is 0 Å². The van der Waals surface area contributed by atoms with Crippen molar-refractivity contribution in [1.82, 2.24) is 0 Å². The SMILES string of the molecule is C=CC(=O)OCCOCc1ccc(N(c2ccc(-c3ccc(N(c4ccc(COCCOC(=O)C(=C)C)cc4)c4ccc(COCCOC(=O)C(=C)C)c(C)c4)cc3)cc2)c2ccc(COCCOC(=O)C(=C)C)c(C)c2)cc1. The first-order valence-electron chi connectivity index (χ1n) is 25.9. The van der Waals surface area contributed by atoms with Crippen molar-refractivity contribution in [1.29, 1.82) is 0 Å². The van der Waals surface area contributed by atoms with E-state index in [9.17, 15) is 19.2 Å². The van der Waals surface area contributed by atoms with E-state index in [1.807, 2.05) is 38.1 Å². The lowest BCUT2D eigenvalue weighted by atomic mass is 10.0. The Morgan fingerprint density at radius 2 is 0.684 bits per heavy atom. The van der Waals surface area contributed by atoms with E-state index in [0.29, 0.717) is 43.1 Å². The van der Waals surface area contributed by atoms with Crippen LogP contribution in [0.4, 0.5) is 34.1 Å². The molecule has 14 nitrogen and oxygen atoms in total. The number of anilines is 6. The van der Waals surface area contributed by atoms with Gasteiger partial charge in [-0.3, -0.25) is 0 Å². The lowest BCUT2D eigenvalue weighted by molar-refractivity contribution is -0.141. The van der Waals surface area contributed by atoms with Gasteiger partial charge in [0.2, 0.25) is 0 Å². The fraction of sp³-hybridized carbons (Fsp3) is 0.262. The number of ether oxygens (including phenoxy) is 8. The molecule has 0 aliphatic rings. The summed E-state index contributed by atoms with van der Waals surface area (Å²) in [6.45, 7) is 26.2. The van der Waals surface area contributed by atoms with E-state index in [-0.39, 0.29) is 52.9 Å². The van der Waals surface area contributed by atoms with Crippen LogP contribution < -0.4 is 9.80 Å². The molecule has 6 rings (SSSR count). The van der Waals surface area contributed by atoms with Crippen LogP contribution >= 0.6 is 0 Å². The van der Waals surface area contributed by atoms with E-state index in [1.165, 1.54) is 0 Å². The Hall–Kier alpha value is -8.40. The quantitative estimate of drug-likeness (QED) is 0.0176. The van der Waals surface area contributed by atoms with Gasteiger partial charge in [0.05, 0.1) is 52.9 Å². The van der Waals surface area contributed by atoms with E-state index in [4.69, 9.17) is 37.9 Å². The molecule has 412 valence electrons. The van der Waals surface area contributed by atoms with Crippen LogP contribution in [0.25, 0.3) is 11.1 Å². The molecule has 0 bridgehead atoms. The first-order valence-corrected chi connectivity index (χ1v) is 25.9. The molecule has 0 spiro atoms. The lowest BCUT2D eigenvalue weighted by Crippen LogP contribution is -2.12. The summed E-state index contributed by atoms with van der Waals surface area (Å²) >= 11 is 0. The Balaban J connectivity index is 1.22. The van der Waals surface area contributed by atoms with E-state index >= 15 is 0 Å². The third kappa shape index (κ3) is 18.4. The Morgan fingerprint density at radius 3 is 0.987 bits per heavy atom. The summed E-state index contributed by atoms with van der Waals surface area (Å²) in [6.07, 6.45) is 1.12. The zero-order chi connectivity index (χ0) is 56.7. The number of nitrogens with zero attached hydrogens (tertiary/aromatic N) is 2. The highest BCUT2D eigenvalue weighted by molar-refractivity contribution is 5.88. The topological polar surface area (TPSA) is 149 Å². The van der Waals surface area contributed by atoms with Crippen LogP contribution in [0.15, 0.2) is 183 Å². The van der Waals surface area contributed by atoms with Crippen molar-refractivity contribution < 1.29 is 57.1 Å². The normalized spacial score (nSPS) is 10.8. The molecule has 79 heavy (non-hydrogen) atoms. The van der Waals surface area contributed by atoms with Gasteiger partial charge < -0.3 is 47.7 Å². The summed E-state index contributed by atoms with van der Waals surface area (Å²) < 4.78 is 43.9. The molecule has 0 N–H and O–H groups in total. The second-order valence-electron chi connectivity index (χ2n) is 18.6. The average molecular weight is 1070 g/mol. The van der Waals surface area contributed by atoms with Crippen molar-refractivity contribution in [3.63, 3.8) is 0 Å². The Bertz CT molecular complexity index is 3060. The van der Waals surface area contributed by atoms with E-state index in [0.717, 1.165) is 84.7 Å². The monoisotopic (exact) mass is 1070 g/mol. The largest absolute Gasteiger partial charge is 0.460 e. The van der Waals surface area contributed by atoms with E-state index in [1.54, 1.807) is 20.8 Å². The fourth-order valence-electron chi connectivity index (χ4n) is 7.90. The molecule has 0 aliphatic heterocycles. The van der Waals surface area contributed by atoms with Crippen LogP contribution in [-0.4, -0.2) is 76.7 Å². The average Bonchev–Trinajstić information content (AvgIpc) is 3.50. The summed E-state index contributed by atoms with van der Waals surface area (Å²) in [6, 6.07) is 45.7. The second kappa shape index (κ2) is 30.5. The number of hydrogen-bond donors (Lipinski definition) is 0. The van der Waals surface area contributed by atoms with Crippen LogP contribution in [0, 0.1) is 13.8 Å². The van der Waals surface area contributed by atoms with Crippen LogP contribution in [-0.2, 0) is 83.5 Å². The standard InChI is InChI=1S/C65H70N2O12/c1-10-62(68)76-35-31-72-41-50-11-21-56(22-12-50)66(60-29-19-54(48(8)39-60)43-74-33-37-78-64(70)46(4)5)58-25-15-52(16-26-58)53-17-27-59(28-18-53)67(57-23-13-51(14-24-57)42-73-32-36-77-63(69)45(2)3)61-30-20-55(49(9)40-61)44-75-34-38-79-65(71)47(6)7/h10-30,39-40H,1-2,4,6,31-38,41-44H2,3,5,7-9H3. The van der Waals surface area contributed by atoms with Gasteiger partial charge in [-0.1, -0.05) is 87.0 Å². The second-order valence-corrected chi connectivity index (χ2v) is 18.6. The number of aryl methyl sites for hydroxylation is 2. The molecular weight excluding hydrogens is 1000 g/mol. The molecule has 0 aromatic heterocycles. The minimum absolute atomic E-state index is 0.137. The van der Waals surface area contributed by atoms with Gasteiger partial charge in [-0.15, -0.1) is 0 Å². The molecule has 6 aromatic rings. The third-order valence-corrected chi connectivity index (χ3v) is 12.3. The summed E-state index contributed by atoms with van der Waals surface area (Å²) in [5, 5.41) is 0. The molecule has 0 unspecified atom stereocenters. The first kappa shape index (κ1) is 59.8. The molecule has 6 aromatic carbocycles. The molecule has 0 amide bonds. The zero-order valence-electron chi connectivity index (χ0n) is 45.9. The van der Waals surface area contributed by atoms with E-state index < -0.39 is 23.9 Å². The van der Waals surface area contributed by atoms with Crippen LogP contribution in [0.1, 0.15) is 54.2 Å². The smallest absolute Gasteiger partial charge is 0.333 e. The van der Waals surface area contributed by atoms with Crippen molar-refractivity contribution >= 4 is 58.0 Å². The highest BCUT2D eigenvalue weighted by Gasteiger charge is 2.18. The van der Waals surface area contributed by atoms with Crippen molar-refractivity contribution in [2.45, 2.75) is 61.0 Å². The van der Waals surface area contributed by atoms with Crippen LogP contribution in [0.3, 0.4) is 0 Å². The minimum atomic E-state index is -0.489. The van der Waals surface area contributed by atoms with Crippen LogP contribution in [0.5, 0.6) is 0 Å². The van der Waals surface area contributed by atoms with Gasteiger partial charge in [-0.25, -0.2) is 19.2 Å². The summed E-state index contributed by atoms with van der Waals surface area (Å²) in [5.41, 5.74) is 14.7. The highest BCUT2D eigenvalue weighted by Crippen LogP contribution is 2.39. The summed E-state index contributed by atoms with van der Waals surface area (Å²) in [4.78, 5) is 51.2. The Morgan fingerprint density at radius 1 is 0.392 bits per heavy atom. The summed E-state index contributed by atoms with van der Waals surface area (Å²) in [5.74, 6) is -1.81. The van der Waals surface area contributed by atoms with Gasteiger partial charge in [0.15, 0.2) is 0 Å². The molecule has 0 atom stereocenters. The Kier molecular flexibility index (Phi) is 23.1. The fourth-order valence-corrected chi connectivity index (χ4v) is 7.90. The molecule has 0 saturated carbocycles. The summed E-state index contributed by atoms with van der Waals surface area (Å²) in [7, 11) is 0. The number of esters is 4. The molecule has 0 fully saturated rings. The third-order valence-electron chi connectivity index (χ3n) is 12.3. The molecule has 0 radical (unpaired) electrons. The van der Waals surface area contributed by atoms with Crippen molar-refractivity contribution in [2.75, 3.05) is 62.7 Å². The number of benzene rings is 6. The zero-order valence-corrected chi connectivity index (χ0v) is 45.9. The van der Waals surface area contributed by atoms with Crippen molar-refractivity contribution in [3.05, 3.63) is 216 Å².